The SMILES string of the molecule is O[C@H]1[C@H](c2c(OCc3ccccc3)cc(OCc3ccccc3)c3c2O[C@H](c2ccc(OCc4ccccc4)c(OCc4ccccc4)c2)[C@@H](O)C3)c2c(OCc3ccccc3)cc(OCc3ccccc3)c(I)c2O[C@@H]1c1ccc(OCc2ccccc2)c(OCc2ccccc2)c1. The highest BCUT2D eigenvalue weighted by Crippen LogP contribution is 2.60. The highest BCUT2D eigenvalue weighted by Gasteiger charge is 2.48. The number of hydrogen-bond acceptors (Lipinski definition) is 12. The molecule has 0 unspecified atom stereocenters. The Morgan fingerprint density at radius 1 is 0.293 bits per heavy atom. The Balaban J connectivity index is 0.965. The summed E-state index contributed by atoms with van der Waals surface area (Å²) >= 11 is 2.30. The van der Waals surface area contributed by atoms with Gasteiger partial charge in [0.2, 0.25) is 0 Å². The number of fused-ring (bicyclic) bond motifs is 2. The van der Waals surface area contributed by atoms with E-state index < -0.39 is 30.3 Å². The Labute approximate surface area is 590 Å². The summed E-state index contributed by atoms with van der Waals surface area (Å²) in [5, 5.41) is 27.1. The Bertz CT molecular complexity index is 4590. The van der Waals surface area contributed by atoms with Crippen LogP contribution in [0.4, 0.5) is 0 Å². The molecule has 2 heterocycles. The zero-order valence-corrected chi connectivity index (χ0v) is 56.5. The molecule has 496 valence electrons. The largest absolute Gasteiger partial charge is 0.488 e. The second kappa shape index (κ2) is 31.7. The Morgan fingerprint density at radius 2 is 0.576 bits per heavy atom. The van der Waals surface area contributed by atoms with E-state index in [0.29, 0.717) is 95.5 Å². The number of ether oxygens (including phenoxy) is 10. The number of aliphatic hydroxyl groups is 2. The number of hydrogen-bond donors (Lipinski definition) is 2. The van der Waals surface area contributed by atoms with E-state index in [4.69, 9.17) is 47.4 Å². The molecule has 2 N–H and O–H groups in total. The lowest BCUT2D eigenvalue weighted by atomic mass is 9.77. The zero-order chi connectivity index (χ0) is 67.1. The predicted molar refractivity (Wildman–Crippen MR) is 389 cm³/mol. The molecule has 2 aliphatic heterocycles. The van der Waals surface area contributed by atoms with E-state index in [1.165, 1.54) is 0 Å². The van der Waals surface area contributed by atoms with Crippen LogP contribution in [0.3, 0.4) is 0 Å². The van der Waals surface area contributed by atoms with E-state index in [0.717, 1.165) is 44.5 Å². The summed E-state index contributed by atoms with van der Waals surface area (Å²) in [4.78, 5) is 0. The molecular formula is C86H73IO12. The average Bonchev–Trinajstić information content (AvgIpc) is 0.719. The van der Waals surface area contributed by atoms with E-state index in [1.807, 2.05) is 291 Å². The van der Waals surface area contributed by atoms with Gasteiger partial charge < -0.3 is 57.6 Å². The van der Waals surface area contributed by atoms with Crippen molar-refractivity contribution in [3.05, 3.63) is 367 Å². The normalized spacial score (nSPS) is 16.0. The summed E-state index contributed by atoms with van der Waals surface area (Å²) in [6.45, 7) is 1.74. The summed E-state index contributed by atoms with van der Waals surface area (Å²) < 4.78 is 70.4. The first-order chi connectivity index (χ1) is 48.8. The van der Waals surface area contributed by atoms with Gasteiger partial charge in [-0.05, 0) is 102 Å². The lowest BCUT2D eigenvalue weighted by Gasteiger charge is -2.41. The fourth-order valence-electron chi connectivity index (χ4n) is 12.5. The molecule has 5 atom stereocenters. The van der Waals surface area contributed by atoms with Gasteiger partial charge in [0.15, 0.2) is 29.1 Å². The van der Waals surface area contributed by atoms with Gasteiger partial charge >= 0.3 is 0 Å². The van der Waals surface area contributed by atoms with Crippen LogP contribution in [0, 0.1) is 3.57 Å². The predicted octanol–water partition coefficient (Wildman–Crippen LogP) is 18.6. The van der Waals surface area contributed by atoms with E-state index in [9.17, 15) is 10.2 Å². The van der Waals surface area contributed by atoms with Crippen LogP contribution >= 0.6 is 22.6 Å². The molecule has 0 radical (unpaired) electrons. The fourth-order valence-corrected chi connectivity index (χ4v) is 13.2. The standard InChI is InChI=1S/C86H73IO12/c87-81-77(97-57-65-39-23-8-24-40-65)49-76(96-56-64-37-21-7-22-38-64)79-80(82(89)84(99-86(79)81)67-42-44-71(91-51-59-27-11-2-12-28-59)74(46-67)94-54-62-33-17-5-18-34-62)78-75(95-55-63-35-19-6-20-36-63)48-72(92-52-60-29-13-3-14-30-60)68-47-69(88)83(98-85(68)78)66-41-43-70(90-50-58-25-9-1-10-26-58)73(45-66)93-53-61-31-15-4-16-32-61/h1-46,48-49,69,80,82-84,88-89H,47,50-57H2/t69-,80+,82-,83+,84+/m0/s1. The zero-order valence-electron chi connectivity index (χ0n) is 54.3. The van der Waals surface area contributed by atoms with Crippen LogP contribution in [0.1, 0.15) is 90.5 Å². The van der Waals surface area contributed by atoms with Crippen molar-refractivity contribution in [1.82, 2.24) is 0 Å². The van der Waals surface area contributed by atoms with Gasteiger partial charge in [-0.2, -0.15) is 0 Å². The summed E-state index contributed by atoms with van der Waals surface area (Å²) in [5.41, 5.74) is 10.3. The molecule has 0 fully saturated rings. The van der Waals surface area contributed by atoms with Crippen molar-refractivity contribution in [1.29, 1.82) is 0 Å². The van der Waals surface area contributed by atoms with Gasteiger partial charge in [0.25, 0.3) is 0 Å². The third kappa shape index (κ3) is 16.0. The molecule has 13 heteroatoms. The molecule has 12 aromatic carbocycles. The minimum absolute atomic E-state index is 0.0614. The molecule has 14 rings (SSSR count). The summed E-state index contributed by atoms with van der Waals surface area (Å²) in [7, 11) is 0. The first-order valence-electron chi connectivity index (χ1n) is 33.2. The Hall–Kier alpha value is -10.7. The van der Waals surface area contributed by atoms with Gasteiger partial charge in [0.05, 0.1) is 15.6 Å². The quantitative estimate of drug-likeness (QED) is 0.0475. The molecule has 0 saturated carbocycles. The second-order valence-corrected chi connectivity index (χ2v) is 25.5. The molecule has 12 nitrogen and oxygen atoms in total. The van der Waals surface area contributed by atoms with E-state index in [-0.39, 0.29) is 52.7 Å². The molecule has 0 saturated heterocycles. The first kappa shape index (κ1) is 65.6. The van der Waals surface area contributed by atoms with Crippen LogP contribution in [0.25, 0.3) is 0 Å². The maximum atomic E-state index is 14.2. The summed E-state index contributed by atoms with van der Waals surface area (Å²) in [6, 6.07) is 94.7. The Kier molecular flexibility index (Phi) is 21.0. The van der Waals surface area contributed by atoms with E-state index >= 15 is 0 Å². The van der Waals surface area contributed by atoms with Gasteiger partial charge in [-0.15, -0.1) is 0 Å². The molecule has 2 aliphatic rings. The van der Waals surface area contributed by atoms with Crippen LogP contribution in [0.5, 0.6) is 57.5 Å². The molecule has 0 spiro atoms. The van der Waals surface area contributed by atoms with Gasteiger partial charge in [-0.3, -0.25) is 0 Å². The monoisotopic (exact) mass is 1420 g/mol. The van der Waals surface area contributed by atoms with Crippen LogP contribution in [-0.4, -0.2) is 22.4 Å². The lowest BCUT2D eigenvalue weighted by Crippen LogP contribution is -2.37. The molecule has 99 heavy (non-hydrogen) atoms. The highest BCUT2D eigenvalue weighted by atomic mass is 127. The van der Waals surface area contributed by atoms with Crippen LogP contribution in [0.15, 0.2) is 291 Å². The van der Waals surface area contributed by atoms with Crippen molar-refractivity contribution in [2.24, 2.45) is 0 Å². The maximum absolute atomic E-state index is 14.2. The van der Waals surface area contributed by atoms with Gasteiger partial charge in [0.1, 0.15) is 99.6 Å². The molecule has 0 bridgehead atoms. The van der Waals surface area contributed by atoms with Gasteiger partial charge in [0, 0.05) is 35.2 Å². The van der Waals surface area contributed by atoms with Crippen molar-refractivity contribution in [2.45, 2.75) is 89.6 Å². The van der Waals surface area contributed by atoms with Crippen molar-refractivity contribution in [3.8, 4) is 57.5 Å². The van der Waals surface area contributed by atoms with Crippen LogP contribution in [-0.2, 0) is 59.3 Å². The third-order valence-electron chi connectivity index (χ3n) is 17.5. The second-order valence-electron chi connectivity index (χ2n) is 24.4. The molecule has 0 amide bonds. The fraction of sp³-hybridized carbons (Fsp3) is 0.163. The minimum Gasteiger partial charge on any atom is -0.488 e. The van der Waals surface area contributed by atoms with Crippen LogP contribution < -0.4 is 47.4 Å². The van der Waals surface area contributed by atoms with Crippen molar-refractivity contribution in [2.75, 3.05) is 0 Å². The van der Waals surface area contributed by atoms with Gasteiger partial charge in [-0.1, -0.05) is 255 Å². The summed E-state index contributed by atoms with van der Waals surface area (Å²) in [6.07, 6.45) is -4.65. The maximum Gasteiger partial charge on any atom is 0.162 e. The lowest BCUT2D eigenvalue weighted by molar-refractivity contribution is 0.0000166. The third-order valence-corrected chi connectivity index (χ3v) is 18.6. The molecular weight excluding hydrogens is 1350 g/mol. The smallest absolute Gasteiger partial charge is 0.162 e. The Morgan fingerprint density at radius 3 is 0.939 bits per heavy atom. The molecule has 0 aromatic heterocycles. The van der Waals surface area contributed by atoms with E-state index in [1.54, 1.807) is 0 Å². The average molecular weight is 1430 g/mol. The number of benzene rings is 12. The number of rotatable bonds is 27. The highest BCUT2D eigenvalue weighted by molar-refractivity contribution is 14.1. The van der Waals surface area contributed by atoms with Crippen molar-refractivity contribution in [3.63, 3.8) is 0 Å². The van der Waals surface area contributed by atoms with E-state index in [2.05, 4.69) is 22.6 Å². The minimum atomic E-state index is -1.44. The molecule has 0 aliphatic carbocycles. The number of aliphatic hydroxyl groups excluding tert-OH is 2. The van der Waals surface area contributed by atoms with Crippen molar-refractivity contribution >= 4 is 22.6 Å². The van der Waals surface area contributed by atoms with Crippen LogP contribution in [0.2, 0.25) is 0 Å². The van der Waals surface area contributed by atoms with Crippen molar-refractivity contribution < 1.29 is 57.6 Å². The number of halogens is 1. The van der Waals surface area contributed by atoms with Gasteiger partial charge in [-0.25, -0.2) is 0 Å². The first-order valence-corrected chi connectivity index (χ1v) is 34.3. The topological polar surface area (TPSA) is 133 Å². The molecule has 12 aromatic rings. The summed E-state index contributed by atoms with van der Waals surface area (Å²) in [5.74, 6) is 3.27.